The number of carbonyl (C=O) groups excluding carboxylic acids is 2. The summed E-state index contributed by atoms with van der Waals surface area (Å²) in [6.45, 7) is 2.34. The van der Waals surface area contributed by atoms with Gasteiger partial charge in [0.25, 0.3) is 0 Å². The molecule has 3 rings (SSSR count). The van der Waals surface area contributed by atoms with Gasteiger partial charge in [-0.15, -0.1) is 0 Å². The molecule has 0 bridgehead atoms. The van der Waals surface area contributed by atoms with Crippen LogP contribution in [-0.4, -0.2) is 36.9 Å². The Bertz CT molecular complexity index is 545. The van der Waals surface area contributed by atoms with Crippen LogP contribution in [0.3, 0.4) is 0 Å². The highest BCUT2D eigenvalue weighted by molar-refractivity contribution is 5.98. The van der Waals surface area contributed by atoms with Crippen molar-refractivity contribution in [1.82, 2.24) is 10.2 Å². The zero-order valence-electron chi connectivity index (χ0n) is 13.2. The molecule has 0 saturated carbocycles. The number of imide groups is 1. The zero-order valence-corrected chi connectivity index (χ0v) is 13.2. The van der Waals surface area contributed by atoms with Crippen molar-refractivity contribution in [3.8, 4) is 0 Å². The van der Waals surface area contributed by atoms with Gasteiger partial charge < -0.3 is 4.90 Å². The second kappa shape index (κ2) is 6.61. The molecule has 2 heterocycles. The molecule has 2 aliphatic rings. The van der Waals surface area contributed by atoms with Crippen LogP contribution in [0.5, 0.6) is 0 Å². The Balaban J connectivity index is 1.59. The second-order valence-corrected chi connectivity index (χ2v) is 6.67. The molecular formula is C18H24N2O2. The largest absolute Gasteiger partial charge is 0.306 e. The molecule has 4 heteroatoms. The van der Waals surface area contributed by atoms with Gasteiger partial charge in [-0.05, 0) is 62.9 Å². The Morgan fingerprint density at radius 2 is 1.77 bits per heavy atom. The smallest absolute Gasteiger partial charge is 0.230 e. The van der Waals surface area contributed by atoms with Crippen LogP contribution in [0.4, 0.5) is 0 Å². The van der Waals surface area contributed by atoms with E-state index in [2.05, 4.69) is 41.5 Å². The Hall–Kier alpha value is -1.68. The molecule has 1 unspecified atom stereocenters. The highest BCUT2D eigenvalue weighted by atomic mass is 16.2. The van der Waals surface area contributed by atoms with E-state index >= 15 is 0 Å². The summed E-state index contributed by atoms with van der Waals surface area (Å²) in [5.41, 5.74) is 2.60. The predicted octanol–water partition coefficient (Wildman–Crippen LogP) is 2.09. The summed E-state index contributed by atoms with van der Waals surface area (Å²) < 4.78 is 0. The first-order valence-electron chi connectivity index (χ1n) is 8.23. The van der Waals surface area contributed by atoms with Gasteiger partial charge in [0, 0.05) is 12.3 Å². The van der Waals surface area contributed by atoms with E-state index in [1.165, 1.54) is 37.1 Å². The second-order valence-electron chi connectivity index (χ2n) is 6.67. The minimum absolute atomic E-state index is 0.0631. The Kier molecular flexibility index (Phi) is 4.57. The lowest BCUT2D eigenvalue weighted by Crippen LogP contribution is -2.41. The van der Waals surface area contributed by atoms with E-state index in [1.54, 1.807) is 0 Å². The average molecular weight is 300 g/mol. The summed E-state index contributed by atoms with van der Waals surface area (Å²) in [4.78, 5) is 25.4. The summed E-state index contributed by atoms with van der Waals surface area (Å²) in [5.74, 6) is 0.349. The van der Waals surface area contributed by atoms with Gasteiger partial charge in [-0.3, -0.25) is 14.9 Å². The van der Waals surface area contributed by atoms with Crippen LogP contribution in [0.1, 0.15) is 42.7 Å². The number of amides is 2. The number of rotatable bonds is 3. The molecule has 1 N–H and O–H groups in total. The number of likely N-dealkylation sites (tertiary alicyclic amines) is 1. The Morgan fingerprint density at radius 3 is 2.41 bits per heavy atom. The topological polar surface area (TPSA) is 49.4 Å². The number of hydrogen-bond donors (Lipinski definition) is 1. The maximum Gasteiger partial charge on any atom is 0.230 e. The summed E-state index contributed by atoms with van der Waals surface area (Å²) in [7, 11) is 2.18. The van der Waals surface area contributed by atoms with Gasteiger partial charge in [-0.2, -0.15) is 0 Å². The number of nitrogens with one attached hydrogen (secondary N) is 1. The van der Waals surface area contributed by atoms with E-state index in [1.807, 2.05) is 0 Å². The molecule has 2 fully saturated rings. The monoisotopic (exact) mass is 300 g/mol. The fraction of sp³-hybridized carbons (Fsp3) is 0.556. The van der Waals surface area contributed by atoms with Crippen molar-refractivity contribution >= 4 is 11.8 Å². The quantitative estimate of drug-likeness (QED) is 0.870. The molecule has 0 radical (unpaired) electrons. The van der Waals surface area contributed by atoms with Gasteiger partial charge in [-0.25, -0.2) is 0 Å². The number of nitrogens with zero attached hydrogens (tertiary/aromatic N) is 1. The molecule has 118 valence electrons. The number of benzene rings is 1. The van der Waals surface area contributed by atoms with E-state index in [0.29, 0.717) is 18.8 Å². The standard InChI is InChI=1S/C18H24N2O2/c1-20-10-8-15(9-11-20)14-4-2-13(3-5-14)12-16-6-7-17(21)19-18(16)22/h2-5,15-16H,6-12H2,1H3,(H,19,21,22). The van der Waals surface area contributed by atoms with E-state index in [0.717, 1.165) is 6.42 Å². The van der Waals surface area contributed by atoms with Crippen molar-refractivity contribution in [3.63, 3.8) is 0 Å². The normalized spacial score (nSPS) is 24.3. The zero-order chi connectivity index (χ0) is 15.5. The van der Waals surface area contributed by atoms with Gasteiger partial charge in [0.15, 0.2) is 0 Å². The maximum absolute atomic E-state index is 11.8. The molecule has 0 aromatic heterocycles. The summed E-state index contributed by atoms with van der Waals surface area (Å²) >= 11 is 0. The predicted molar refractivity (Wildman–Crippen MR) is 85.5 cm³/mol. The molecule has 1 aromatic rings. The van der Waals surface area contributed by atoms with Crippen molar-refractivity contribution in [1.29, 1.82) is 0 Å². The number of hydrogen-bond acceptors (Lipinski definition) is 3. The molecule has 0 spiro atoms. The molecule has 2 amide bonds. The summed E-state index contributed by atoms with van der Waals surface area (Å²) in [5, 5.41) is 2.43. The summed E-state index contributed by atoms with van der Waals surface area (Å²) in [6.07, 6.45) is 4.31. The number of carbonyl (C=O) groups is 2. The third-order valence-corrected chi connectivity index (χ3v) is 5.01. The van der Waals surface area contributed by atoms with E-state index in [9.17, 15) is 9.59 Å². The maximum atomic E-state index is 11.8. The molecule has 22 heavy (non-hydrogen) atoms. The van der Waals surface area contributed by atoms with Gasteiger partial charge in [-0.1, -0.05) is 24.3 Å². The van der Waals surface area contributed by atoms with Crippen LogP contribution in [0.25, 0.3) is 0 Å². The van der Waals surface area contributed by atoms with Crippen LogP contribution < -0.4 is 5.32 Å². The lowest BCUT2D eigenvalue weighted by Gasteiger charge is -2.29. The first kappa shape index (κ1) is 15.2. The van der Waals surface area contributed by atoms with Crippen LogP contribution in [0.2, 0.25) is 0 Å². The lowest BCUT2D eigenvalue weighted by atomic mass is 9.87. The molecule has 0 aliphatic carbocycles. The highest BCUT2D eigenvalue weighted by Gasteiger charge is 2.26. The first-order valence-corrected chi connectivity index (χ1v) is 8.23. The molecule has 1 aromatic carbocycles. The Morgan fingerprint density at radius 1 is 1.09 bits per heavy atom. The molecule has 2 aliphatic heterocycles. The fourth-order valence-electron chi connectivity index (χ4n) is 3.49. The van der Waals surface area contributed by atoms with E-state index in [-0.39, 0.29) is 17.7 Å². The minimum Gasteiger partial charge on any atom is -0.306 e. The third kappa shape index (κ3) is 3.55. The van der Waals surface area contributed by atoms with Gasteiger partial charge in [0.1, 0.15) is 0 Å². The van der Waals surface area contributed by atoms with E-state index in [4.69, 9.17) is 0 Å². The first-order chi connectivity index (χ1) is 10.6. The summed E-state index contributed by atoms with van der Waals surface area (Å²) in [6, 6.07) is 8.74. The molecular weight excluding hydrogens is 276 g/mol. The van der Waals surface area contributed by atoms with Gasteiger partial charge >= 0.3 is 0 Å². The van der Waals surface area contributed by atoms with Crippen LogP contribution >= 0.6 is 0 Å². The lowest BCUT2D eigenvalue weighted by molar-refractivity contribution is -0.136. The van der Waals surface area contributed by atoms with Gasteiger partial charge in [0.05, 0.1) is 0 Å². The molecule has 4 nitrogen and oxygen atoms in total. The Labute approximate surface area is 131 Å². The van der Waals surface area contributed by atoms with Crippen molar-refractivity contribution in [3.05, 3.63) is 35.4 Å². The van der Waals surface area contributed by atoms with Gasteiger partial charge in [0.2, 0.25) is 11.8 Å². The minimum atomic E-state index is -0.140. The molecule has 2 saturated heterocycles. The van der Waals surface area contributed by atoms with Crippen LogP contribution in [-0.2, 0) is 16.0 Å². The fourth-order valence-corrected chi connectivity index (χ4v) is 3.49. The van der Waals surface area contributed by atoms with E-state index < -0.39 is 0 Å². The number of piperidine rings is 2. The SMILES string of the molecule is CN1CCC(c2ccc(CC3CCC(=O)NC3=O)cc2)CC1. The van der Waals surface area contributed by atoms with Crippen LogP contribution in [0.15, 0.2) is 24.3 Å². The van der Waals surface area contributed by atoms with Crippen LogP contribution in [0, 0.1) is 5.92 Å². The molecule has 1 atom stereocenters. The highest BCUT2D eigenvalue weighted by Crippen LogP contribution is 2.28. The van der Waals surface area contributed by atoms with Crippen molar-refractivity contribution in [2.45, 2.75) is 38.0 Å². The van der Waals surface area contributed by atoms with Crippen molar-refractivity contribution in [2.24, 2.45) is 5.92 Å². The average Bonchev–Trinajstić information content (AvgIpc) is 2.52. The van der Waals surface area contributed by atoms with Crippen molar-refractivity contribution in [2.75, 3.05) is 20.1 Å². The third-order valence-electron chi connectivity index (χ3n) is 5.01. The van der Waals surface area contributed by atoms with Crippen molar-refractivity contribution < 1.29 is 9.59 Å².